The van der Waals surface area contributed by atoms with Crippen LogP contribution in [-0.4, -0.2) is 79.1 Å². The maximum atomic E-state index is 13.2. The summed E-state index contributed by atoms with van der Waals surface area (Å²) in [5.74, 6) is -0.173. The SMILES string of the molecule is CS(=O)(=O)c1cc(Cl)c(NC(=O)N2CCN3C(=O)N([C@H]4C[C@@H]4c4ccccc4)C(=O)C3C2)c(Cl)c1. The average Bonchev–Trinajstić information content (AvgIpc) is 3.56. The Kier molecular flexibility index (Phi) is 5.93. The summed E-state index contributed by atoms with van der Waals surface area (Å²) in [6, 6.07) is 10.4. The molecule has 3 fully saturated rings. The van der Waals surface area contributed by atoms with Crippen molar-refractivity contribution in [3.63, 3.8) is 0 Å². The minimum absolute atomic E-state index is 0.0242. The topological polar surface area (TPSA) is 107 Å². The van der Waals surface area contributed by atoms with E-state index in [2.05, 4.69) is 5.32 Å². The van der Waals surface area contributed by atoms with Crippen LogP contribution >= 0.6 is 23.2 Å². The number of nitrogens with one attached hydrogen (secondary N) is 1. The van der Waals surface area contributed by atoms with E-state index in [0.29, 0.717) is 0 Å². The van der Waals surface area contributed by atoms with E-state index in [0.717, 1.165) is 18.2 Å². The van der Waals surface area contributed by atoms with Crippen LogP contribution in [0.1, 0.15) is 17.9 Å². The van der Waals surface area contributed by atoms with Crippen molar-refractivity contribution >= 4 is 56.7 Å². The van der Waals surface area contributed by atoms with Crippen LogP contribution in [0.2, 0.25) is 10.0 Å². The van der Waals surface area contributed by atoms with Gasteiger partial charge in [-0.1, -0.05) is 53.5 Å². The van der Waals surface area contributed by atoms with Crippen molar-refractivity contribution in [2.24, 2.45) is 0 Å². The molecule has 35 heavy (non-hydrogen) atoms. The number of amides is 5. The number of anilines is 1. The highest BCUT2D eigenvalue weighted by molar-refractivity contribution is 7.90. The Morgan fingerprint density at radius 1 is 1.06 bits per heavy atom. The monoisotopic (exact) mass is 536 g/mol. The van der Waals surface area contributed by atoms with Crippen LogP contribution in [0.25, 0.3) is 0 Å². The van der Waals surface area contributed by atoms with E-state index in [1.807, 2.05) is 30.3 Å². The van der Waals surface area contributed by atoms with Crippen molar-refractivity contribution in [2.75, 3.05) is 31.2 Å². The third-order valence-corrected chi connectivity index (χ3v) is 8.32. The molecular weight excluding hydrogens is 515 g/mol. The molecule has 5 rings (SSSR count). The average molecular weight is 537 g/mol. The Hall–Kier alpha value is -2.82. The molecule has 2 aliphatic heterocycles. The highest BCUT2D eigenvalue weighted by Gasteiger charge is 2.56. The van der Waals surface area contributed by atoms with Gasteiger partial charge in [0, 0.05) is 31.3 Å². The molecule has 9 nitrogen and oxygen atoms in total. The number of fused-ring (bicyclic) bond motifs is 1. The Balaban J connectivity index is 1.28. The number of piperazine rings is 1. The summed E-state index contributed by atoms with van der Waals surface area (Å²) in [5.41, 5.74) is 1.17. The standard InChI is InChI=1S/C23H22Cl2N4O5S/c1-35(33,34)14-9-16(24)20(17(25)10-14)26-22(31)27-7-8-28-19(12-27)21(30)29(23(28)32)18-11-15(18)13-5-3-2-4-6-13/h2-6,9-10,15,18-19H,7-8,11-12H2,1H3,(H,26,31)/t15-,18+,19?/m1/s1. The number of halogens is 2. The maximum absolute atomic E-state index is 13.2. The van der Waals surface area contributed by atoms with Crippen LogP contribution in [0.5, 0.6) is 0 Å². The fraction of sp³-hybridized carbons (Fsp3) is 0.348. The summed E-state index contributed by atoms with van der Waals surface area (Å²) in [4.78, 5) is 43.4. The van der Waals surface area contributed by atoms with Crippen LogP contribution in [0.4, 0.5) is 15.3 Å². The van der Waals surface area contributed by atoms with Gasteiger partial charge >= 0.3 is 12.1 Å². The molecule has 2 aromatic carbocycles. The predicted octanol–water partition coefficient (Wildman–Crippen LogP) is 3.43. The zero-order valence-corrected chi connectivity index (χ0v) is 21.0. The second-order valence-electron chi connectivity index (χ2n) is 8.93. The first-order valence-corrected chi connectivity index (χ1v) is 13.6. The second-order valence-corrected chi connectivity index (χ2v) is 11.8. The normalized spacial score (nSPS) is 24.0. The number of benzene rings is 2. The Labute approximate surface area is 212 Å². The molecule has 1 unspecified atom stereocenters. The molecule has 3 atom stereocenters. The lowest BCUT2D eigenvalue weighted by atomic mass is 10.1. The number of carbonyl (C=O) groups excluding carboxylic acids is 3. The Morgan fingerprint density at radius 2 is 1.71 bits per heavy atom. The molecule has 0 bridgehead atoms. The minimum atomic E-state index is -3.54. The summed E-state index contributed by atoms with van der Waals surface area (Å²) in [7, 11) is -3.54. The molecule has 2 saturated heterocycles. The third-order valence-electron chi connectivity index (χ3n) is 6.63. The zero-order valence-electron chi connectivity index (χ0n) is 18.6. The second kappa shape index (κ2) is 8.69. The molecule has 184 valence electrons. The van der Waals surface area contributed by atoms with E-state index in [-0.39, 0.29) is 64.2 Å². The summed E-state index contributed by atoms with van der Waals surface area (Å²) in [6.07, 6.45) is 1.76. The van der Waals surface area contributed by atoms with Crippen LogP contribution in [0.15, 0.2) is 47.4 Å². The van der Waals surface area contributed by atoms with Crippen molar-refractivity contribution in [2.45, 2.75) is 29.3 Å². The number of rotatable bonds is 4. The van der Waals surface area contributed by atoms with Gasteiger partial charge in [0.2, 0.25) is 0 Å². The third kappa shape index (κ3) is 4.34. The number of sulfone groups is 1. The Morgan fingerprint density at radius 3 is 2.34 bits per heavy atom. The van der Waals surface area contributed by atoms with Crippen molar-refractivity contribution in [1.82, 2.24) is 14.7 Å². The van der Waals surface area contributed by atoms with E-state index in [4.69, 9.17) is 23.2 Å². The van der Waals surface area contributed by atoms with E-state index in [9.17, 15) is 22.8 Å². The van der Waals surface area contributed by atoms with E-state index < -0.39 is 21.9 Å². The first-order valence-electron chi connectivity index (χ1n) is 11.0. The lowest BCUT2D eigenvalue weighted by Crippen LogP contribution is -2.55. The fourth-order valence-electron chi connectivity index (χ4n) is 4.70. The number of imide groups is 1. The number of nitrogens with zero attached hydrogens (tertiary/aromatic N) is 3. The highest BCUT2D eigenvalue weighted by Crippen LogP contribution is 2.47. The molecule has 5 amide bonds. The molecule has 1 N–H and O–H groups in total. The molecule has 2 aromatic rings. The van der Waals surface area contributed by atoms with E-state index in [1.54, 1.807) is 0 Å². The van der Waals surface area contributed by atoms with Crippen LogP contribution in [-0.2, 0) is 14.6 Å². The molecule has 12 heteroatoms. The van der Waals surface area contributed by atoms with Crippen LogP contribution in [0.3, 0.4) is 0 Å². The van der Waals surface area contributed by atoms with Gasteiger partial charge < -0.3 is 15.1 Å². The van der Waals surface area contributed by atoms with Gasteiger partial charge in [-0.15, -0.1) is 0 Å². The van der Waals surface area contributed by atoms with Crippen LogP contribution in [0, 0.1) is 0 Å². The van der Waals surface area contributed by atoms with Gasteiger partial charge in [0.05, 0.1) is 27.2 Å². The van der Waals surface area contributed by atoms with Gasteiger partial charge in [-0.05, 0) is 24.1 Å². The molecule has 0 spiro atoms. The van der Waals surface area contributed by atoms with Crippen molar-refractivity contribution < 1.29 is 22.8 Å². The first-order chi connectivity index (χ1) is 16.6. The number of hydrogen-bond acceptors (Lipinski definition) is 5. The number of hydrogen-bond donors (Lipinski definition) is 1. The van der Waals surface area contributed by atoms with Crippen LogP contribution < -0.4 is 5.32 Å². The summed E-state index contributed by atoms with van der Waals surface area (Å²) >= 11 is 12.4. The first kappa shape index (κ1) is 23.9. The molecule has 1 aliphatic carbocycles. The largest absolute Gasteiger partial charge is 0.327 e. The van der Waals surface area contributed by atoms with Gasteiger partial charge in [-0.3, -0.25) is 9.69 Å². The summed E-state index contributed by atoms with van der Waals surface area (Å²) < 4.78 is 23.6. The lowest BCUT2D eigenvalue weighted by Gasteiger charge is -2.35. The number of urea groups is 2. The van der Waals surface area contributed by atoms with E-state index >= 15 is 0 Å². The Bertz CT molecular complexity index is 1310. The van der Waals surface area contributed by atoms with Gasteiger partial charge in [-0.2, -0.15) is 0 Å². The van der Waals surface area contributed by atoms with Crippen molar-refractivity contribution in [3.8, 4) is 0 Å². The smallest absolute Gasteiger partial charge is 0.320 e. The molecule has 0 aromatic heterocycles. The van der Waals surface area contributed by atoms with Crippen molar-refractivity contribution in [1.29, 1.82) is 0 Å². The van der Waals surface area contributed by atoms with Gasteiger partial charge in [0.15, 0.2) is 9.84 Å². The van der Waals surface area contributed by atoms with Crippen molar-refractivity contribution in [3.05, 3.63) is 58.1 Å². The highest BCUT2D eigenvalue weighted by atomic mass is 35.5. The predicted molar refractivity (Wildman–Crippen MR) is 130 cm³/mol. The van der Waals surface area contributed by atoms with Gasteiger partial charge in [0.25, 0.3) is 5.91 Å². The molecule has 2 heterocycles. The maximum Gasteiger partial charge on any atom is 0.327 e. The van der Waals surface area contributed by atoms with E-state index in [1.165, 1.54) is 26.8 Å². The summed E-state index contributed by atoms with van der Waals surface area (Å²) in [6.45, 7) is 0.474. The summed E-state index contributed by atoms with van der Waals surface area (Å²) in [5, 5.41) is 2.56. The number of carbonyl (C=O) groups is 3. The quantitative estimate of drug-likeness (QED) is 0.602. The minimum Gasteiger partial charge on any atom is -0.320 e. The van der Waals surface area contributed by atoms with Gasteiger partial charge in [-0.25, -0.2) is 18.0 Å². The molecule has 1 saturated carbocycles. The lowest BCUT2D eigenvalue weighted by molar-refractivity contribution is -0.129. The molecular formula is C23H22Cl2N4O5S. The molecule has 3 aliphatic rings. The van der Waals surface area contributed by atoms with Gasteiger partial charge in [0.1, 0.15) is 6.04 Å². The molecule has 0 radical (unpaired) electrons. The fourth-order valence-corrected chi connectivity index (χ4v) is 6.08. The zero-order chi connectivity index (χ0) is 25.1.